The maximum absolute atomic E-state index is 12.0. The Hall–Kier alpha value is -2.53. The number of nitrogens with one attached hydrogen (secondary N) is 2. The number of amides is 2. The largest absolute Gasteiger partial charge is 0.493 e. The number of hydrogen-bond donors (Lipinski definition) is 2. The summed E-state index contributed by atoms with van der Waals surface area (Å²) < 4.78 is 5.56. The number of hydrazine groups is 1. The van der Waals surface area contributed by atoms with E-state index in [4.69, 9.17) is 16.3 Å². The van der Waals surface area contributed by atoms with Crippen LogP contribution in [-0.2, 0) is 11.2 Å². The number of halogens is 1. The summed E-state index contributed by atoms with van der Waals surface area (Å²) in [7, 11) is 0. The van der Waals surface area contributed by atoms with Crippen molar-refractivity contribution >= 4 is 23.4 Å². The molecule has 25 heavy (non-hydrogen) atoms. The van der Waals surface area contributed by atoms with E-state index in [0.29, 0.717) is 28.9 Å². The average Bonchev–Trinajstić information content (AvgIpc) is 2.60. The van der Waals surface area contributed by atoms with Crippen LogP contribution < -0.4 is 15.6 Å². The molecule has 0 atom stereocenters. The quantitative estimate of drug-likeness (QED) is 0.776. The Morgan fingerprint density at radius 1 is 1.00 bits per heavy atom. The Bertz CT molecular complexity index is 712. The summed E-state index contributed by atoms with van der Waals surface area (Å²) in [5.41, 5.74) is 6.03. The lowest BCUT2D eigenvalue weighted by molar-refractivity contribution is -0.121. The molecule has 132 valence electrons. The molecule has 0 heterocycles. The Morgan fingerprint density at radius 2 is 1.64 bits per heavy atom. The maximum atomic E-state index is 12.0. The Morgan fingerprint density at radius 3 is 2.24 bits per heavy atom. The van der Waals surface area contributed by atoms with E-state index in [2.05, 4.69) is 24.7 Å². The Kier molecular flexibility index (Phi) is 6.83. The van der Waals surface area contributed by atoms with Gasteiger partial charge in [0, 0.05) is 10.6 Å². The van der Waals surface area contributed by atoms with Crippen LogP contribution in [0.25, 0.3) is 0 Å². The standard InChI is InChI=1S/C19H21ClN2O3/c1-13(2)12-25-17-9-5-15(6-10-17)19(24)22-21-18(23)11-14-3-7-16(20)8-4-14/h3-10,13H,11-12H2,1-2H3,(H,21,23)(H,22,24). The van der Waals surface area contributed by atoms with Crippen molar-refractivity contribution in [3.05, 3.63) is 64.7 Å². The van der Waals surface area contributed by atoms with E-state index >= 15 is 0 Å². The van der Waals surface area contributed by atoms with Crippen molar-refractivity contribution in [1.29, 1.82) is 0 Å². The predicted octanol–water partition coefficient (Wildman–Crippen LogP) is 3.38. The zero-order chi connectivity index (χ0) is 18.2. The summed E-state index contributed by atoms with van der Waals surface area (Å²) in [5.74, 6) is 0.434. The van der Waals surface area contributed by atoms with E-state index in [9.17, 15) is 9.59 Å². The summed E-state index contributed by atoms with van der Waals surface area (Å²) in [6.45, 7) is 4.75. The lowest BCUT2D eigenvalue weighted by Crippen LogP contribution is -2.42. The van der Waals surface area contributed by atoms with E-state index in [-0.39, 0.29) is 18.2 Å². The van der Waals surface area contributed by atoms with Crippen molar-refractivity contribution in [2.24, 2.45) is 5.92 Å². The minimum atomic E-state index is -0.389. The number of benzene rings is 2. The van der Waals surface area contributed by atoms with Gasteiger partial charge in [0.2, 0.25) is 5.91 Å². The zero-order valence-corrected chi connectivity index (χ0v) is 15.0. The van der Waals surface area contributed by atoms with Crippen molar-refractivity contribution in [2.75, 3.05) is 6.61 Å². The fraction of sp³-hybridized carbons (Fsp3) is 0.263. The van der Waals surface area contributed by atoms with Crippen molar-refractivity contribution in [1.82, 2.24) is 10.9 Å². The monoisotopic (exact) mass is 360 g/mol. The highest BCUT2D eigenvalue weighted by Gasteiger charge is 2.08. The third kappa shape index (κ3) is 6.47. The Balaban J connectivity index is 1.81. The third-order valence-electron chi connectivity index (χ3n) is 3.29. The van der Waals surface area contributed by atoms with Gasteiger partial charge in [-0.05, 0) is 47.9 Å². The highest BCUT2D eigenvalue weighted by atomic mass is 35.5. The lowest BCUT2D eigenvalue weighted by Gasteiger charge is -2.10. The van der Waals surface area contributed by atoms with Crippen LogP contribution in [0.15, 0.2) is 48.5 Å². The minimum absolute atomic E-state index is 0.152. The summed E-state index contributed by atoms with van der Waals surface area (Å²) >= 11 is 5.80. The molecule has 0 bridgehead atoms. The summed E-state index contributed by atoms with van der Waals surface area (Å²) in [5, 5.41) is 0.610. The molecule has 2 aromatic carbocycles. The van der Waals surface area contributed by atoms with Crippen LogP contribution >= 0.6 is 11.6 Å². The summed E-state index contributed by atoms with van der Waals surface area (Å²) in [4.78, 5) is 23.9. The number of ether oxygens (including phenoxy) is 1. The molecule has 0 aliphatic rings. The normalized spacial score (nSPS) is 10.4. The van der Waals surface area contributed by atoms with Crippen molar-refractivity contribution < 1.29 is 14.3 Å². The molecule has 0 radical (unpaired) electrons. The Labute approximate surface area is 152 Å². The van der Waals surface area contributed by atoms with Gasteiger partial charge in [0.05, 0.1) is 13.0 Å². The van der Waals surface area contributed by atoms with Crippen LogP contribution in [0, 0.1) is 5.92 Å². The fourth-order valence-electron chi connectivity index (χ4n) is 2.00. The molecule has 5 nitrogen and oxygen atoms in total. The van der Waals surface area contributed by atoms with Gasteiger partial charge in [-0.25, -0.2) is 0 Å². The van der Waals surface area contributed by atoms with Gasteiger partial charge < -0.3 is 4.74 Å². The highest BCUT2D eigenvalue weighted by Crippen LogP contribution is 2.13. The first-order chi connectivity index (χ1) is 11.9. The van der Waals surface area contributed by atoms with Crippen molar-refractivity contribution in [3.63, 3.8) is 0 Å². The molecule has 2 rings (SSSR count). The van der Waals surface area contributed by atoms with Gasteiger partial charge in [-0.1, -0.05) is 37.6 Å². The number of carbonyl (C=O) groups is 2. The molecule has 0 saturated carbocycles. The fourth-order valence-corrected chi connectivity index (χ4v) is 2.12. The summed E-state index contributed by atoms with van der Waals surface area (Å²) in [6.07, 6.45) is 0.152. The zero-order valence-electron chi connectivity index (χ0n) is 14.2. The molecule has 0 spiro atoms. The second-order valence-electron chi connectivity index (χ2n) is 6.03. The topological polar surface area (TPSA) is 67.4 Å². The second kappa shape index (κ2) is 9.08. The molecule has 0 unspecified atom stereocenters. The van der Waals surface area contributed by atoms with Crippen LogP contribution in [0.3, 0.4) is 0 Å². The van der Waals surface area contributed by atoms with Gasteiger partial charge in [0.1, 0.15) is 5.75 Å². The van der Waals surface area contributed by atoms with Crippen LogP contribution in [0.2, 0.25) is 5.02 Å². The molecule has 2 aromatic rings. The van der Waals surface area contributed by atoms with Crippen LogP contribution in [0.5, 0.6) is 5.75 Å². The van der Waals surface area contributed by atoms with E-state index in [0.717, 1.165) is 5.56 Å². The maximum Gasteiger partial charge on any atom is 0.269 e. The average molecular weight is 361 g/mol. The van der Waals surface area contributed by atoms with Crippen molar-refractivity contribution in [3.8, 4) is 5.75 Å². The molecular weight excluding hydrogens is 340 g/mol. The van der Waals surface area contributed by atoms with Gasteiger partial charge in [0.15, 0.2) is 0 Å². The first-order valence-corrected chi connectivity index (χ1v) is 8.38. The van der Waals surface area contributed by atoms with Gasteiger partial charge in [-0.3, -0.25) is 20.4 Å². The predicted molar refractivity (Wildman–Crippen MR) is 97.5 cm³/mol. The van der Waals surface area contributed by atoms with Crippen LogP contribution in [0.4, 0.5) is 0 Å². The second-order valence-corrected chi connectivity index (χ2v) is 6.47. The minimum Gasteiger partial charge on any atom is -0.493 e. The van der Waals surface area contributed by atoms with Gasteiger partial charge >= 0.3 is 0 Å². The van der Waals surface area contributed by atoms with Crippen LogP contribution in [-0.4, -0.2) is 18.4 Å². The molecule has 0 fully saturated rings. The molecular formula is C19H21ClN2O3. The molecule has 0 aliphatic carbocycles. The van der Waals surface area contributed by atoms with Crippen molar-refractivity contribution in [2.45, 2.75) is 20.3 Å². The third-order valence-corrected chi connectivity index (χ3v) is 3.55. The van der Waals surface area contributed by atoms with E-state index in [1.54, 1.807) is 48.5 Å². The smallest absolute Gasteiger partial charge is 0.269 e. The molecule has 0 aromatic heterocycles. The molecule has 6 heteroatoms. The highest BCUT2D eigenvalue weighted by molar-refractivity contribution is 6.30. The van der Waals surface area contributed by atoms with Gasteiger partial charge in [-0.15, -0.1) is 0 Å². The molecule has 2 amide bonds. The van der Waals surface area contributed by atoms with Crippen LogP contribution in [0.1, 0.15) is 29.8 Å². The molecule has 0 aliphatic heterocycles. The van der Waals surface area contributed by atoms with E-state index in [1.165, 1.54) is 0 Å². The first-order valence-electron chi connectivity index (χ1n) is 8.00. The van der Waals surface area contributed by atoms with E-state index < -0.39 is 0 Å². The first kappa shape index (κ1) is 18.8. The van der Waals surface area contributed by atoms with Gasteiger partial charge in [-0.2, -0.15) is 0 Å². The lowest BCUT2D eigenvalue weighted by atomic mass is 10.1. The number of rotatable bonds is 6. The summed E-state index contributed by atoms with van der Waals surface area (Å²) in [6, 6.07) is 13.7. The van der Waals surface area contributed by atoms with E-state index in [1.807, 2.05) is 0 Å². The number of hydrogen-bond acceptors (Lipinski definition) is 3. The molecule has 0 saturated heterocycles. The number of carbonyl (C=O) groups excluding carboxylic acids is 2. The SMILES string of the molecule is CC(C)COc1ccc(C(=O)NNC(=O)Cc2ccc(Cl)cc2)cc1. The van der Waals surface area contributed by atoms with Gasteiger partial charge in [0.25, 0.3) is 5.91 Å². The molecule has 2 N–H and O–H groups in total.